The monoisotopic (exact) mass is 319 g/mol. The lowest BCUT2D eigenvalue weighted by molar-refractivity contribution is -0.138. The average molecular weight is 319 g/mol. The first-order valence-corrected chi connectivity index (χ1v) is 6.83. The second-order valence-corrected chi connectivity index (χ2v) is 6.35. The second kappa shape index (κ2) is 5.21. The Kier molecular flexibility index (Phi) is 4.09. The van der Waals surface area contributed by atoms with Gasteiger partial charge in [-0.15, -0.1) is 0 Å². The van der Waals surface area contributed by atoms with Crippen LogP contribution in [0.4, 0.5) is 17.6 Å². The van der Waals surface area contributed by atoms with Crippen LogP contribution in [0, 0.1) is 5.82 Å². The number of hydrogen-bond acceptors (Lipinski definition) is 3. The Morgan fingerprint density at radius 3 is 2.05 bits per heavy atom. The predicted molar refractivity (Wildman–Crippen MR) is 74.4 cm³/mol. The van der Waals surface area contributed by atoms with Gasteiger partial charge in [0.05, 0.1) is 22.7 Å². The summed E-state index contributed by atoms with van der Waals surface area (Å²) >= 11 is 0. The molecule has 0 spiro atoms. The first-order chi connectivity index (χ1) is 9.87. The molecule has 1 aliphatic heterocycles. The van der Waals surface area contributed by atoms with Crippen molar-refractivity contribution < 1.29 is 26.9 Å². The number of alkyl halides is 3. The number of benzene rings is 1. The first kappa shape index (κ1) is 17.2. The molecule has 1 fully saturated rings. The van der Waals surface area contributed by atoms with Crippen molar-refractivity contribution in [1.82, 2.24) is 0 Å². The van der Waals surface area contributed by atoms with Gasteiger partial charge in [-0.2, -0.15) is 13.2 Å². The lowest BCUT2D eigenvalue weighted by Gasteiger charge is -2.32. The molecule has 0 unspecified atom stereocenters. The predicted octanol–water partition coefficient (Wildman–Crippen LogP) is 3.48. The fraction of sp³-hybridized carbons (Fsp3) is 0.571. The van der Waals surface area contributed by atoms with Gasteiger partial charge in [0, 0.05) is 5.56 Å². The van der Waals surface area contributed by atoms with Crippen molar-refractivity contribution in [3.8, 4) is 0 Å². The van der Waals surface area contributed by atoms with Gasteiger partial charge < -0.3 is 15.0 Å². The average Bonchev–Trinajstić information content (AvgIpc) is 2.56. The summed E-state index contributed by atoms with van der Waals surface area (Å²) in [7, 11) is -1.16. The van der Waals surface area contributed by atoms with Crippen molar-refractivity contribution >= 4 is 7.12 Å². The zero-order chi connectivity index (χ0) is 16.9. The Morgan fingerprint density at radius 1 is 1.09 bits per heavy atom. The molecule has 0 amide bonds. The molecule has 8 heteroatoms. The fourth-order valence-electron chi connectivity index (χ4n) is 2.29. The molecule has 1 saturated heterocycles. The van der Waals surface area contributed by atoms with Gasteiger partial charge in [-0.25, -0.2) is 4.39 Å². The molecule has 3 nitrogen and oxygen atoms in total. The summed E-state index contributed by atoms with van der Waals surface area (Å²) in [5, 5.41) is 0. The third-order valence-corrected chi connectivity index (χ3v) is 4.26. The number of rotatable bonds is 2. The van der Waals surface area contributed by atoms with E-state index in [1.54, 1.807) is 27.7 Å². The molecular formula is C14H18BF4NO2. The van der Waals surface area contributed by atoms with Crippen molar-refractivity contribution in [3.05, 3.63) is 35.1 Å². The van der Waals surface area contributed by atoms with E-state index in [1.165, 1.54) is 0 Å². The zero-order valence-corrected chi connectivity index (χ0v) is 12.8. The summed E-state index contributed by atoms with van der Waals surface area (Å²) < 4.78 is 64.4. The summed E-state index contributed by atoms with van der Waals surface area (Å²) in [5.74, 6) is -2.42. The highest BCUT2D eigenvalue weighted by Gasteiger charge is 2.54. The molecule has 1 aromatic carbocycles. The van der Waals surface area contributed by atoms with Gasteiger partial charge in [-0.1, -0.05) is 6.07 Å². The van der Waals surface area contributed by atoms with Crippen LogP contribution in [0.2, 0.25) is 0 Å². The topological polar surface area (TPSA) is 44.5 Å². The number of halogens is 4. The molecule has 0 bridgehead atoms. The Labute approximate surface area is 126 Å². The van der Waals surface area contributed by atoms with Crippen molar-refractivity contribution in [1.29, 1.82) is 0 Å². The van der Waals surface area contributed by atoms with Gasteiger partial charge in [0.25, 0.3) is 0 Å². The molecule has 22 heavy (non-hydrogen) atoms. The quantitative estimate of drug-likeness (QED) is 0.670. The lowest BCUT2D eigenvalue weighted by atomic mass is 9.73. The van der Waals surface area contributed by atoms with E-state index in [9.17, 15) is 17.6 Å². The van der Waals surface area contributed by atoms with Crippen LogP contribution >= 0.6 is 0 Å². The number of nitrogens with two attached hydrogens (primary N) is 1. The van der Waals surface area contributed by atoms with E-state index in [0.29, 0.717) is 0 Å². The molecule has 0 radical (unpaired) electrons. The van der Waals surface area contributed by atoms with Crippen LogP contribution in [-0.2, 0) is 15.5 Å². The molecule has 2 rings (SSSR count). The van der Waals surface area contributed by atoms with Gasteiger partial charge in [0.1, 0.15) is 5.82 Å². The smallest absolute Gasteiger partial charge is 0.402 e. The molecule has 1 heterocycles. The minimum Gasteiger partial charge on any atom is -0.402 e. The molecule has 0 saturated carbocycles. The molecule has 1 atom stereocenters. The SMILES string of the molecule is CC1(C)OB([C@H](N)c2c(F)cccc2C(F)(F)F)OC1(C)C. The zero-order valence-electron chi connectivity index (χ0n) is 12.8. The Bertz CT molecular complexity index is 558. The van der Waals surface area contributed by atoms with E-state index in [4.69, 9.17) is 15.0 Å². The van der Waals surface area contributed by atoms with Crippen molar-refractivity contribution in [2.24, 2.45) is 5.73 Å². The number of hydrogen-bond donors (Lipinski definition) is 1. The van der Waals surface area contributed by atoms with Crippen LogP contribution in [0.25, 0.3) is 0 Å². The van der Waals surface area contributed by atoms with Gasteiger partial charge in [0.2, 0.25) is 0 Å². The maximum atomic E-state index is 14.0. The highest BCUT2D eigenvalue weighted by molar-refractivity contribution is 6.47. The maximum absolute atomic E-state index is 14.0. The molecule has 0 aromatic heterocycles. The van der Waals surface area contributed by atoms with Crippen molar-refractivity contribution in [2.45, 2.75) is 51.0 Å². The second-order valence-electron chi connectivity index (χ2n) is 6.35. The fourth-order valence-corrected chi connectivity index (χ4v) is 2.29. The van der Waals surface area contributed by atoms with Crippen LogP contribution in [0.1, 0.15) is 44.8 Å². The highest BCUT2D eigenvalue weighted by atomic mass is 19.4. The van der Waals surface area contributed by atoms with E-state index in [0.717, 1.165) is 18.2 Å². The Balaban J connectivity index is 2.42. The van der Waals surface area contributed by atoms with Gasteiger partial charge >= 0.3 is 13.3 Å². The summed E-state index contributed by atoms with van der Waals surface area (Å²) in [6.07, 6.45) is -4.71. The minimum absolute atomic E-state index is 0.645. The van der Waals surface area contributed by atoms with E-state index < -0.39 is 47.4 Å². The first-order valence-electron chi connectivity index (χ1n) is 6.83. The molecule has 2 N–H and O–H groups in total. The molecule has 0 aliphatic carbocycles. The largest absolute Gasteiger partial charge is 0.480 e. The Hall–Kier alpha value is -1.12. The summed E-state index contributed by atoms with van der Waals surface area (Å²) in [5.41, 5.74) is 2.56. The van der Waals surface area contributed by atoms with Crippen LogP contribution in [0.5, 0.6) is 0 Å². The van der Waals surface area contributed by atoms with Crippen LogP contribution in [-0.4, -0.2) is 18.3 Å². The molecular weight excluding hydrogens is 301 g/mol. The van der Waals surface area contributed by atoms with E-state index in [2.05, 4.69) is 0 Å². The van der Waals surface area contributed by atoms with Crippen molar-refractivity contribution in [2.75, 3.05) is 0 Å². The van der Waals surface area contributed by atoms with Crippen LogP contribution in [0.15, 0.2) is 18.2 Å². The van der Waals surface area contributed by atoms with Gasteiger partial charge in [-0.05, 0) is 39.8 Å². The lowest BCUT2D eigenvalue weighted by Crippen LogP contribution is -2.41. The summed E-state index contributed by atoms with van der Waals surface area (Å²) in [4.78, 5) is 0. The Morgan fingerprint density at radius 2 is 1.59 bits per heavy atom. The van der Waals surface area contributed by atoms with Crippen LogP contribution in [0.3, 0.4) is 0 Å². The third kappa shape index (κ3) is 2.87. The van der Waals surface area contributed by atoms with E-state index in [-0.39, 0.29) is 0 Å². The molecule has 1 aromatic rings. The standard InChI is InChI=1S/C14H18BF4NO2/c1-12(2)13(3,4)22-15(21-12)11(20)10-8(14(17,18)19)6-5-7-9(10)16/h5-7,11H,20H2,1-4H3/t11-/m1/s1. The summed E-state index contributed by atoms with van der Waals surface area (Å²) in [6, 6.07) is 2.73. The normalized spacial score (nSPS) is 22.0. The highest BCUT2D eigenvalue weighted by Crippen LogP contribution is 2.42. The molecule has 122 valence electrons. The summed E-state index contributed by atoms with van der Waals surface area (Å²) in [6.45, 7) is 6.97. The van der Waals surface area contributed by atoms with E-state index in [1.807, 2.05) is 0 Å². The van der Waals surface area contributed by atoms with Crippen molar-refractivity contribution in [3.63, 3.8) is 0 Å². The van der Waals surface area contributed by atoms with E-state index >= 15 is 0 Å². The van der Waals surface area contributed by atoms with Crippen LogP contribution < -0.4 is 5.73 Å². The minimum atomic E-state index is -4.71. The third-order valence-electron chi connectivity index (χ3n) is 4.26. The van der Waals surface area contributed by atoms with Gasteiger partial charge in [0.15, 0.2) is 0 Å². The van der Waals surface area contributed by atoms with Gasteiger partial charge in [-0.3, -0.25) is 0 Å². The maximum Gasteiger partial charge on any atom is 0.480 e. The molecule has 1 aliphatic rings.